The van der Waals surface area contributed by atoms with Crippen LogP contribution < -0.4 is 5.32 Å². The molecule has 19 heavy (non-hydrogen) atoms. The second-order valence-electron chi connectivity index (χ2n) is 5.85. The number of hydrogen-bond acceptors (Lipinski definition) is 4. The first-order valence-electron chi connectivity index (χ1n) is 6.61. The van der Waals surface area contributed by atoms with Crippen molar-refractivity contribution in [2.45, 2.75) is 38.8 Å². The summed E-state index contributed by atoms with van der Waals surface area (Å²) in [6.07, 6.45) is 2.90. The summed E-state index contributed by atoms with van der Waals surface area (Å²) in [5, 5.41) is 16.9. The van der Waals surface area contributed by atoms with E-state index in [0.717, 1.165) is 19.5 Å². The summed E-state index contributed by atoms with van der Waals surface area (Å²) in [5.41, 5.74) is -0.666. The molecule has 6 nitrogen and oxygen atoms in total. The molecule has 1 aliphatic heterocycles. The van der Waals surface area contributed by atoms with Gasteiger partial charge in [0.15, 0.2) is 5.82 Å². The van der Waals surface area contributed by atoms with Crippen molar-refractivity contribution in [1.82, 2.24) is 14.7 Å². The van der Waals surface area contributed by atoms with E-state index >= 15 is 0 Å². The van der Waals surface area contributed by atoms with Crippen LogP contribution in [0.1, 0.15) is 33.2 Å². The number of nitrogens with one attached hydrogen (secondary N) is 1. The third-order valence-corrected chi connectivity index (χ3v) is 3.14. The van der Waals surface area contributed by atoms with Gasteiger partial charge in [-0.25, -0.2) is 0 Å². The predicted molar refractivity (Wildman–Crippen MR) is 72.9 cm³/mol. The zero-order valence-corrected chi connectivity index (χ0v) is 11.8. The maximum Gasteiger partial charge on any atom is 0.222 e. The lowest BCUT2D eigenvalue weighted by Gasteiger charge is -2.25. The second kappa shape index (κ2) is 5.30. The molecule has 2 heterocycles. The van der Waals surface area contributed by atoms with E-state index in [9.17, 15) is 9.90 Å². The molecule has 2 rings (SSSR count). The molecular formula is C13H22N4O2. The highest BCUT2D eigenvalue weighted by molar-refractivity contribution is 5.87. The summed E-state index contributed by atoms with van der Waals surface area (Å²) in [4.78, 5) is 13.2. The van der Waals surface area contributed by atoms with E-state index in [1.54, 1.807) is 6.07 Å². The van der Waals surface area contributed by atoms with Crippen LogP contribution in [-0.2, 0) is 4.79 Å². The molecule has 0 radical (unpaired) electrons. The van der Waals surface area contributed by atoms with Crippen LogP contribution in [0.15, 0.2) is 12.3 Å². The van der Waals surface area contributed by atoms with Crippen LogP contribution >= 0.6 is 0 Å². The van der Waals surface area contributed by atoms with Gasteiger partial charge in [-0.1, -0.05) is 0 Å². The molecule has 1 fully saturated rings. The Labute approximate surface area is 113 Å². The lowest BCUT2D eigenvalue weighted by molar-refractivity contribution is -0.114. The minimum Gasteiger partial charge on any atom is -0.389 e. The largest absolute Gasteiger partial charge is 0.389 e. The van der Waals surface area contributed by atoms with Gasteiger partial charge in [-0.15, -0.1) is 0 Å². The first kappa shape index (κ1) is 14.0. The number of amides is 1. The fraction of sp³-hybridized carbons (Fsp3) is 0.692. The molecule has 0 spiro atoms. The summed E-state index contributed by atoms with van der Waals surface area (Å²) >= 11 is 0. The molecular weight excluding hydrogens is 244 g/mol. The lowest BCUT2D eigenvalue weighted by atomic mass is 10.1. The molecule has 1 aromatic heterocycles. The lowest BCUT2D eigenvalue weighted by Crippen LogP contribution is -2.37. The molecule has 1 aliphatic rings. The number of carbonyl (C=O) groups excluding carboxylic acids is 1. The number of likely N-dealkylation sites (tertiary alicyclic amines) is 1. The van der Waals surface area contributed by atoms with Crippen LogP contribution in [0.4, 0.5) is 5.82 Å². The minimum atomic E-state index is -0.666. The van der Waals surface area contributed by atoms with Gasteiger partial charge in [0, 0.05) is 38.8 Å². The molecule has 6 heteroatoms. The normalized spacial score (nSPS) is 20.7. The summed E-state index contributed by atoms with van der Waals surface area (Å²) in [6.45, 7) is 7.63. The fourth-order valence-corrected chi connectivity index (χ4v) is 2.51. The Morgan fingerprint density at radius 3 is 3.00 bits per heavy atom. The highest BCUT2D eigenvalue weighted by Gasteiger charge is 2.28. The van der Waals surface area contributed by atoms with Crippen molar-refractivity contribution in [3.8, 4) is 0 Å². The standard InChI is InChI=1S/C13H22N4O2/c1-10(18)14-12-5-7-17(15-12)11-4-6-16(8-11)9-13(2,3)19/h5,7,11,19H,4,6,8-9H2,1-3H3,(H,14,15,18)/t11-/m0/s1. The zero-order valence-electron chi connectivity index (χ0n) is 11.8. The van der Waals surface area contributed by atoms with Crippen molar-refractivity contribution in [2.75, 3.05) is 25.0 Å². The van der Waals surface area contributed by atoms with Crippen molar-refractivity contribution in [1.29, 1.82) is 0 Å². The van der Waals surface area contributed by atoms with Crippen LogP contribution in [0.2, 0.25) is 0 Å². The molecule has 1 atom stereocenters. The number of aromatic nitrogens is 2. The average molecular weight is 266 g/mol. The second-order valence-corrected chi connectivity index (χ2v) is 5.85. The number of aliphatic hydroxyl groups is 1. The predicted octanol–water partition coefficient (Wildman–Crippen LogP) is 0.859. The number of β-amino-alcohol motifs (C(OH)–C–C–N with tert-alkyl or cyclic N) is 1. The number of anilines is 1. The molecule has 2 N–H and O–H groups in total. The van der Waals surface area contributed by atoms with Gasteiger partial charge in [-0.05, 0) is 20.3 Å². The summed E-state index contributed by atoms with van der Waals surface area (Å²) in [6, 6.07) is 2.12. The van der Waals surface area contributed by atoms with E-state index in [0.29, 0.717) is 18.4 Å². The number of rotatable bonds is 4. The quantitative estimate of drug-likeness (QED) is 0.848. The number of hydrogen-bond donors (Lipinski definition) is 2. The van der Waals surface area contributed by atoms with Gasteiger partial charge >= 0.3 is 0 Å². The van der Waals surface area contributed by atoms with Crippen molar-refractivity contribution >= 4 is 11.7 Å². The smallest absolute Gasteiger partial charge is 0.222 e. The highest BCUT2D eigenvalue weighted by Crippen LogP contribution is 2.23. The number of carbonyl (C=O) groups is 1. The Hall–Kier alpha value is -1.40. The SMILES string of the molecule is CC(=O)Nc1ccn([C@H]2CCN(CC(C)(C)O)C2)n1. The summed E-state index contributed by atoms with van der Waals surface area (Å²) < 4.78 is 1.90. The van der Waals surface area contributed by atoms with E-state index in [1.807, 2.05) is 24.7 Å². The van der Waals surface area contributed by atoms with Gasteiger partial charge in [-0.3, -0.25) is 14.4 Å². The van der Waals surface area contributed by atoms with Crippen LogP contribution in [0.25, 0.3) is 0 Å². The van der Waals surface area contributed by atoms with Gasteiger partial charge < -0.3 is 10.4 Å². The Balaban J connectivity index is 1.93. The average Bonchev–Trinajstić information content (AvgIpc) is 2.83. The van der Waals surface area contributed by atoms with Gasteiger partial charge in [0.2, 0.25) is 5.91 Å². The van der Waals surface area contributed by atoms with E-state index in [2.05, 4.69) is 15.3 Å². The van der Waals surface area contributed by atoms with Crippen LogP contribution in [0.3, 0.4) is 0 Å². The summed E-state index contributed by atoms with van der Waals surface area (Å²) in [5.74, 6) is 0.480. The minimum absolute atomic E-state index is 0.111. The van der Waals surface area contributed by atoms with Crippen molar-refractivity contribution in [2.24, 2.45) is 0 Å². The van der Waals surface area contributed by atoms with Crippen LogP contribution in [0, 0.1) is 0 Å². The highest BCUT2D eigenvalue weighted by atomic mass is 16.3. The first-order chi connectivity index (χ1) is 8.83. The Morgan fingerprint density at radius 2 is 2.37 bits per heavy atom. The molecule has 0 unspecified atom stereocenters. The van der Waals surface area contributed by atoms with Crippen molar-refractivity contribution in [3.63, 3.8) is 0 Å². The maximum atomic E-state index is 11.0. The van der Waals surface area contributed by atoms with Gasteiger partial charge in [0.05, 0.1) is 11.6 Å². The Kier molecular flexibility index (Phi) is 3.91. The third-order valence-electron chi connectivity index (χ3n) is 3.14. The molecule has 0 aliphatic carbocycles. The first-order valence-corrected chi connectivity index (χ1v) is 6.61. The van der Waals surface area contributed by atoms with Gasteiger partial charge in [0.25, 0.3) is 0 Å². The van der Waals surface area contributed by atoms with Crippen molar-refractivity contribution < 1.29 is 9.90 Å². The fourth-order valence-electron chi connectivity index (χ4n) is 2.51. The Morgan fingerprint density at radius 1 is 1.63 bits per heavy atom. The molecule has 0 saturated carbocycles. The van der Waals surface area contributed by atoms with Gasteiger partial charge in [-0.2, -0.15) is 5.10 Å². The molecule has 1 saturated heterocycles. The Bertz CT molecular complexity index is 450. The van der Waals surface area contributed by atoms with Crippen molar-refractivity contribution in [3.05, 3.63) is 12.3 Å². The van der Waals surface area contributed by atoms with Gasteiger partial charge in [0.1, 0.15) is 0 Å². The monoisotopic (exact) mass is 266 g/mol. The van der Waals surface area contributed by atoms with E-state index in [-0.39, 0.29) is 5.91 Å². The third kappa shape index (κ3) is 4.04. The number of nitrogens with zero attached hydrogens (tertiary/aromatic N) is 3. The topological polar surface area (TPSA) is 70.4 Å². The molecule has 0 bridgehead atoms. The zero-order chi connectivity index (χ0) is 14.0. The van der Waals surface area contributed by atoms with Crippen LogP contribution in [-0.4, -0.2) is 50.9 Å². The maximum absolute atomic E-state index is 11.0. The van der Waals surface area contributed by atoms with Crippen LogP contribution in [0.5, 0.6) is 0 Å². The summed E-state index contributed by atoms with van der Waals surface area (Å²) in [7, 11) is 0. The van der Waals surface area contributed by atoms with E-state index in [1.165, 1.54) is 6.92 Å². The molecule has 1 amide bonds. The molecule has 0 aromatic carbocycles. The van der Waals surface area contributed by atoms with E-state index < -0.39 is 5.60 Å². The molecule has 1 aromatic rings. The van der Waals surface area contributed by atoms with E-state index in [4.69, 9.17) is 0 Å². The molecule has 106 valence electrons.